The predicted molar refractivity (Wildman–Crippen MR) is 186 cm³/mol. The van der Waals surface area contributed by atoms with Gasteiger partial charge >= 0.3 is 18.2 Å². The number of aliphatic hydroxyl groups excluding tert-OH is 1. The second kappa shape index (κ2) is 30.5. The summed E-state index contributed by atoms with van der Waals surface area (Å²) in [5.41, 5.74) is 0. The van der Waals surface area contributed by atoms with Gasteiger partial charge in [0, 0.05) is 11.2 Å². The summed E-state index contributed by atoms with van der Waals surface area (Å²) < 4.78 is 8.02. The van der Waals surface area contributed by atoms with Crippen molar-refractivity contribution in [1.29, 1.82) is 0 Å². The lowest BCUT2D eigenvalue weighted by Crippen LogP contribution is -2.12. The van der Waals surface area contributed by atoms with Crippen LogP contribution in [0.1, 0.15) is 219 Å². The summed E-state index contributed by atoms with van der Waals surface area (Å²) in [6.07, 6.45) is 38.7. The van der Waals surface area contributed by atoms with Crippen LogP contribution in [-0.4, -0.2) is 36.0 Å². The Hall–Kier alpha value is -1.10. The van der Waals surface area contributed by atoms with Gasteiger partial charge in [-0.15, -0.1) is 0 Å². The number of rotatable bonds is 34. The van der Waals surface area contributed by atoms with Gasteiger partial charge in [0.1, 0.15) is 13.0 Å². The molecule has 0 amide bonds. The molecule has 0 aromatic carbocycles. The van der Waals surface area contributed by atoms with E-state index in [0.717, 1.165) is 25.7 Å². The van der Waals surface area contributed by atoms with Gasteiger partial charge in [0.05, 0.1) is 0 Å². The summed E-state index contributed by atoms with van der Waals surface area (Å²) in [6, 6.07) is 0. The highest BCUT2D eigenvalue weighted by atomic mass is 16.9. The first-order valence-electron chi connectivity index (χ1n) is 19.7. The molecule has 1 aliphatic heterocycles. The quantitative estimate of drug-likeness (QED) is 0.0335. The van der Waals surface area contributed by atoms with Gasteiger partial charge in [-0.05, 0) is 12.8 Å². The fraction of sp³-hybridized carbons (Fsp3) is 0.949. The zero-order valence-electron chi connectivity index (χ0n) is 29.6. The molecule has 0 radical (unpaired) electrons. The fourth-order valence-electron chi connectivity index (χ4n) is 6.41. The van der Waals surface area contributed by atoms with Gasteiger partial charge < -0.3 is 14.2 Å². The van der Waals surface area contributed by atoms with E-state index in [0.29, 0.717) is 12.8 Å². The maximum Gasteiger partial charge on any atom is 0.521 e. The second-order valence-corrected chi connectivity index (χ2v) is 13.7. The number of epoxide rings is 1. The highest BCUT2D eigenvalue weighted by molar-refractivity contribution is 5.75. The van der Waals surface area contributed by atoms with Crippen LogP contribution >= 0.6 is 0 Å². The summed E-state index contributed by atoms with van der Waals surface area (Å²) in [4.78, 5) is 24.9. The molecule has 1 heterocycles. The summed E-state index contributed by atoms with van der Waals surface area (Å²) in [7, 11) is 0. The summed E-state index contributed by atoms with van der Waals surface area (Å²) >= 11 is 0. The number of carbonyl (C=O) groups excluding carboxylic acids is 2. The Labute approximate surface area is 273 Å². The molecule has 1 aliphatic rings. The Balaban J connectivity index is 1.91. The van der Waals surface area contributed by atoms with Crippen LogP contribution in [0.3, 0.4) is 0 Å². The van der Waals surface area contributed by atoms with Crippen molar-refractivity contribution < 1.29 is 23.8 Å². The lowest BCUT2D eigenvalue weighted by atomic mass is 10.0. The standard InChI is InChI=1S/C39H75O5/c1-3-5-7-9-11-13-15-17-19-21-23-25-27-29-31-33-37(41)43-39-36(35-40)44(39)38(42)34-32-30-28-26-24-22-20-18-16-14-12-10-8-6-4-2/h36,39-40H,3-35H2,1-2H3/q+1/t36-,39-/m1/s1. The van der Waals surface area contributed by atoms with E-state index in [1.165, 1.54) is 167 Å². The predicted octanol–water partition coefficient (Wildman–Crippen LogP) is 11.8. The average Bonchev–Trinajstić information content (AvgIpc) is 3.73. The molecule has 5 nitrogen and oxygen atoms in total. The number of hydrogen-bond donors (Lipinski definition) is 1. The molecule has 0 aliphatic carbocycles. The van der Waals surface area contributed by atoms with Crippen molar-refractivity contribution in [3.05, 3.63) is 0 Å². The van der Waals surface area contributed by atoms with Crippen molar-refractivity contribution in [2.75, 3.05) is 6.61 Å². The first-order chi connectivity index (χ1) is 21.7. The summed E-state index contributed by atoms with van der Waals surface area (Å²) in [6.45, 7) is 4.37. The van der Waals surface area contributed by atoms with E-state index in [4.69, 9.17) is 4.74 Å². The lowest BCUT2D eigenvalue weighted by molar-refractivity contribution is -0.173. The van der Waals surface area contributed by atoms with E-state index in [9.17, 15) is 14.7 Å². The second-order valence-electron chi connectivity index (χ2n) is 13.7. The number of unbranched alkanes of at least 4 members (excludes halogenated alkanes) is 28. The summed E-state index contributed by atoms with van der Waals surface area (Å²) in [5, 5.41) is 9.62. The maximum atomic E-state index is 12.6. The first-order valence-corrected chi connectivity index (χ1v) is 19.7. The first kappa shape index (κ1) is 40.9. The molecule has 2 atom stereocenters. The van der Waals surface area contributed by atoms with Crippen LogP contribution in [0.4, 0.5) is 0 Å². The summed E-state index contributed by atoms with van der Waals surface area (Å²) in [5.74, 6) is -0.318. The van der Waals surface area contributed by atoms with Crippen LogP contribution in [0.2, 0.25) is 0 Å². The molecule has 1 rings (SSSR count). The third-order valence-electron chi connectivity index (χ3n) is 9.46. The van der Waals surface area contributed by atoms with Crippen LogP contribution in [0, 0.1) is 0 Å². The SMILES string of the molecule is CCCCCCCCCCCCCCCCCC(=O)O[C@H]1[C@@H](CO)[O+]1C(=O)CCCCCCCCCCCCCCCCC. The topological polar surface area (TPSA) is 66.3 Å². The largest absolute Gasteiger partial charge is 0.521 e. The average molecular weight is 624 g/mol. The molecule has 1 N–H and O–H groups in total. The molecule has 0 unspecified atom stereocenters. The molecule has 0 bridgehead atoms. The molecule has 5 heteroatoms. The Morgan fingerprint density at radius 2 is 0.773 bits per heavy atom. The minimum Gasteiger partial charge on any atom is -0.499 e. The van der Waals surface area contributed by atoms with E-state index < -0.39 is 12.4 Å². The smallest absolute Gasteiger partial charge is 0.499 e. The van der Waals surface area contributed by atoms with E-state index in [-0.39, 0.29) is 18.5 Å². The van der Waals surface area contributed by atoms with Gasteiger partial charge in [-0.2, -0.15) is 0 Å². The molecule has 1 saturated heterocycles. The van der Waals surface area contributed by atoms with E-state index >= 15 is 0 Å². The molecule has 0 aromatic rings. The zero-order valence-corrected chi connectivity index (χ0v) is 29.6. The van der Waals surface area contributed by atoms with Crippen molar-refractivity contribution in [1.82, 2.24) is 0 Å². The van der Waals surface area contributed by atoms with Gasteiger partial charge in [0.15, 0.2) is 0 Å². The minimum absolute atomic E-state index is 0.0662. The van der Waals surface area contributed by atoms with Gasteiger partial charge in [0.25, 0.3) is 6.10 Å². The van der Waals surface area contributed by atoms with Crippen LogP contribution < -0.4 is 0 Å². The Bertz CT molecular complexity index is 650. The molecular weight excluding hydrogens is 548 g/mol. The zero-order chi connectivity index (χ0) is 31.9. The van der Waals surface area contributed by atoms with Crippen molar-refractivity contribution >= 4 is 11.9 Å². The molecule has 260 valence electrons. The molecule has 44 heavy (non-hydrogen) atoms. The van der Waals surface area contributed by atoms with Crippen molar-refractivity contribution in [2.45, 2.75) is 232 Å². The molecule has 1 fully saturated rings. The van der Waals surface area contributed by atoms with Crippen LogP contribution in [-0.2, 0) is 18.7 Å². The molecular formula is C39H75O5+. The highest BCUT2D eigenvalue weighted by Gasteiger charge is 2.59. The number of esters is 1. The number of ether oxygens (including phenoxy) is 1. The Morgan fingerprint density at radius 3 is 1.09 bits per heavy atom. The van der Waals surface area contributed by atoms with Crippen LogP contribution in [0.5, 0.6) is 0 Å². The monoisotopic (exact) mass is 624 g/mol. The van der Waals surface area contributed by atoms with Gasteiger partial charge in [-0.3, -0.25) is 4.79 Å². The minimum atomic E-state index is -0.632. The molecule has 0 aromatic heterocycles. The van der Waals surface area contributed by atoms with Crippen molar-refractivity contribution in [3.63, 3.8) is 0 Å². The Kier molecular flexibility index (Phi) is 28.4. The van der Waals surface area contributed by atoms with Crippen LogP contribution in [0.25, 0.3) is 0 Å². The van der Waals surface area contributed by atoms with E-state index in [2.05, 4.69) is 18.2 Å². The normalized spacial score (nSPS) is 16.0. The fourth-order valence-corrected chi connectivity index (χ4v) is 6.41. The van der Waals surface area contributed by atoms with E-state index in [1.807, 2.05) is 0 Å². The number of aliphatic hydroxyl groups is 1. The molecule has 0 saturated carbocycles. The van der Waals surface area contributed by atoms with Gasteiger partial charge in [-0.1, -0.05) is 194 Å². The Morgan fingerprint density at radius 1 is 0.477 bits per heavy atom. The third-order valence-corrected chi connectivity index (χ3v) is 9.46. The van der Waals surface area contributed by atoms with Crippen molar-refractivity contribution in [2.24, 2.45) is 0 Å². The number of hydrogen-bond acceptors (Lipinski definition) is 4. The maximum absolute atomic E-state index is 12.6. The van der Waals surface area contributed by atoms with Gasteiger partial charge in [-0.25, -0.2) is 0 Å². The molecule has 0 spiro atoms. The van der Waals surface area contributed by atoms with E-state index in [1.54, 1.807) is 0 Å². The number of carbonyl (C=O) groups is 2. The van der Waals surface area contributed by atoms with Crippen LogP contribution in [0.15, 0.2) is 0 Å². The lowest BCUT2D eigenvalue weighted by Gasteiger charge is -2.05. The third kappa shape index (κ3) is 23.3. The highest BCUT2D eigenvalue weighted by Crippen LogP contribution is 2.37. The van der Waals surface area contributed by atoms with Gasteiger partial charge in [0.2, 0.25) is 0 Å². The van der Waals surface area contributed by atoms with Crippen molar-refractivity contribution in [3.8, 4) is 0 Å².